The van der Waals surface area contributed by atoms with E-state index >= 15 is 0 Å². The Morgan fingerprint density at radius 2 is 1.69 bits per heavy atom. The van der Waals surface area contributed by atoms with Gasteiger partial charge in [-0.05, 0) is 60.7 Å². The van der Waals surface area contributed by atoms with Crippen molar-refractivity contribution in [3.05, 3.63) is 93.9 Å². The van der Waals surface area contributed by atoms with Crippen molar-refractivity contribution in [2.75, 3.05) is 0 Å². The molecule has 0 atom stereocenters. The molecule has 1 N–H and O–H groups in total. The molecule has 0 fully saturated rings. The molecule has 0 saturated carbocycles. The summed E-state index contributed by atoms with van der Waals surface area (Å²) in [6.07, 6.45) is 0. The van der Waals surface area contributed by atoms with Gasteiger partial charge >= 0.3 is 0 Å². The van der Waals surface area contributed by atoms with E-state index in [9.17, 15) is 9.90 Å². The van der Waals surface area contributed by atoms with Gasteiger partial charge in [0.05, 0.1) is 5.39 Å². The molecule has 3 aromatic carbocycles. The number of aromatic nitrogens is 2. The summed E-state index contributed by atoms with van der Waals surface area (Å²) in [5, 5.41) is 14.5. The van der Waals surface area contributed by atoms with Crippen LogP contribution in [0.4, 0.5) is 0 Å². The molecule has 0 bridgehead atoms. The number of phenols is 1. The van der Waals surface area contributed by atoms with Crippen molar-refractivity contribution in [2.45, 2.75) is 6.61 Å². The summed E-state index contributed by atoms with van der Waals surface area (Å²) in [5.41, 5.74) is 1.66. The number of phenolic OH excluding ortho intramolecular Hbond substituents is 1. The van der Waals surface area contributed by atoms with E-state index in [0.29, 0.717) is 44.8 Å². The molecule has 2 aromatic heterocycles. The quantitative estimate of drug-likeness (QED) is 0.383. The summed E-state index contributed by atoms with van der Waals surface area (Å²) >= 11 is 5.90. The highest BCUT2D eigenvalue weighted by molar-refractivity contribution is 6.30. The second-order valence-electron chi connectivity index (χ2n) is 6.99. The number of hydrogen-bond acceptors (Lipinski definition) is 7. The minimum atomic E-state index is -0.176. The summed E-state index contributed by atoms with van der Waals surface area (Å²) in [6, 6.07) is 19.9. The maximum atomic E-state index is 12.5. The smallest absolute Gasteiger partial charge is 0.264 e. The third kappa shape index (κ3) is 4.06. The average molecular weight is 447 g/mol. The second kappa shape index (κ2) is 8.20. The fourth-order valence-corrected chi connectivity index (χ4v) is 3.29. The van der Waals surface area contributed by atoms with Gasteiger partial charge in [-0.15, -0.1) is 0 Å². The van der Waals surface area contributed by atoms with E-state index in [-0.39, 0.29) is 17.8 Å². The molecule has 158 valence electrons. The lowest BCUT2D eigenvalue weighted by atomic mass is 10.1. The van der Waals surface area contributed by atoms with Crippen molar-refractivity contribution in [2.24, 2.45) is 0 Å². The van der Waals surface area contributed by atoms with Crippen LogP contribution in [0.25, 0.3) is 33.7 Å². The van der Waals surface area contributed by atoms with Gasteiger partial charge in [0, 0.05) is 28.3 Å². The highest BCUT2D eigenvalue weighted by Crippen LogP contribution is 2.26. The number of rotatable bonds is 5. The first kappa shape index (κ1) is 19.8. The molecule has 5 rings (SSSR count). The minimum absolute atomic E-state index is 0.0496. The maximum Gasteiger partial charge on any atom is 0.264 e. The molecule has 0 spiro atoms. The zero-order chi connectivity index (χ0) is 22.1. The molecule has 0 radical (unpaired) electrons. The zero-order valence-electron chi connectivity index (χ0n) is 16.5. The summed E-state index contributed by atoms with van der Waals surface area (Å²) in [4.78, 5) is 16.8. The van der Waals surface area contributed by atoms with E-state index in [1.165, 1.54) is 18.2 Å². The monoisotopic (exact) mass is 446 g/mol. The van der Waals surface area contributed by atoms with E-state index in [1.54, 1.807) is 54.6 Å². The van der Waals surface area contributed by atoms with Crippen LogP contribution in [0.5, 0.6) is 11.5 Å². The number of hydrogen-bond donors (Lipinski definition) is 1. The number of benzene rings is 3. The molecule has 32 heavy (non-hydrogen) atoms. The lowest BCUT2D eigenvalue weighted by Gasteiger charge is -2.06. The molecule has 7 nitrogen and oxygen atoms in total. The predicted molar refractivity (Wildman–Crippen MR) is 119 cm³/mol. The van der Waals surface area contributed by atoms with Crippen LogP contribution in [-0.2, 0) is 6.61 Å². The third-order valence-electron chi connectivity index (χ3n) is 4.79. The van der Waals surface area contributed by atoms with Crippen molar-refractivity contribution in [3.63, 3.8) is 0 Å². The van der Waals surface area contributed by atoms with Crippen LogP contribution in [0.3, 0.4) is 0 Å². The lowest BCUT2D eigenvalue weighted by Crippen LogP contribution is -2.01. The molecule has 0 aliphatic rings. The van der Waals surface area contributed by atoms with Crippen LogP contribution in [0.1, 0.15) is 5.89 Å². The molecule has 8 heteroatoms. The fraction of sp³-hybridized carbons (Fsp3) is 0.0417. The van der Waals surface area contributed by atoms with Crippen LogP contribution in [0, 0.1) is 0 Å². The molecular formula is C24H15ClN2O5. The summed E-state index contributed by atoms with van der Waals surface area (Å²) in [5.74, 6) is 1.74. The first-order valence-corrected chi connectivity index (χ1v) is 10.0. The number of halogens is 1. The molecule has 0 saturated heterocycles. The second-order valence-corrected chi connectivity index (χ2v) is 7.42. The van der Waals surface area contributed by atoms with E-state index in [1.807, 2.05) is 0 Å². The van der Waals surface area contributed by atoms with Crippen molar-refractivity contribution >= 4 is 22.6 Å². The molecule has 0 aliphatic heterocycles. The Labute approximate surface area is 186 Å². The Kier molecular flexibility index (Phi) is 5.09. The van der Waals surface area contributed by atoms with Gasteiger partial charge in [-0.25, -0.2) is 0 Å². The summed E-state index contributed by atoms with van der Waals surface area (Å²) in [6.45, 7) is 0.0496. The topological polar surface area (TPSA) is 98.6 Å². The first-order valence-electron chi connectivity index (χ1n) is 9.64. The largest absolute Gasteiger partial charge is 0.508 e. The minimum Gasteiger partial charge on any atom is -0.508 e. The van der Waals surface area contributed by atoms with Gasteiger partial charge in [0.2, 0.25) is 5.82 Å². The summed E-state index contributed by atoms with van der Waals surface area (Å²) < 4.78 is 16.9. The molecular weight excluding hydrogens is 432 g/mol. The van der Waals surface area contributed by atoms with E-state index in [0.717, 1.165) is 5.56 Å². The zero-order valence-corrected chi connectivity index (χ0v) is 17.2. The number of aromatic hydroxyl groups is 1. The normalized spacial score (nSPS) is 11.0. The molecule has 0 amide bonds. The fourth-order valence-electron chi connectivity index (χ4n) is 3.17. The third-order valence-corrected chi connectivity index (χ3v) is 5.04. The Morgan fingerprint density at radius 3 is 2.47 bits per heavy atom. The Balaban J connectivity index is 1.37. The number of nitrogens with zero attached hydrogens (tertiary/aromatic N) is 2. The van der Waals surface area contributed by atoms with Crippen LogP contribution in [-0.4, -0.2) is 15.2 Å². The van der Waals surface area contributed by atoms with Gasteiger partial charge in [0.25, 0.3) is 5.89 Å². The Bertz CT molecular complexity index is 1460. The van der Waals surface area contributed by atoms with Gasteiger partial charge in [0.15, 0.2) is 12.0 Å². The standard InChI is InChI=1S/C24H15ClN2O5/c25-16-5-1-15(2-6-16)24-26-23(32-27-24)13-30-18-9-10-19-20(29)12-21(31-22(19)11-18)14-3-7-17(28)8-4-14/h1-12,28H,13H2. The van der Waals surface area contributed by atoms with Gasteiger partial charge in [-0.3, -0.25) is 4.79 Å². The number of fused-ring (bicyclic) bond motifs is 1. The van der Waals surface area contributed by atoms with Crippen LogP contribution < -0.4 is 10.2 Å². The highest BCUT2D eigenvalue weighted by atomic mass is 35.5. The van der Waals surface area contributed by atoms with Crippen LogP contribution in [0.2, 0.25) is 5.02 Å². The SMILES string of the molecule is O=c1cc(-c2ccc(O)cc2)oc2cc(OCc3nc(-c4ccc(Cl)cc4)no3)ccc12. The lowest BCUT2D eigenvalue weighted by molar-refractivity contribution is 0.243. The first-order chi connectivity index (χ1) is 15.5. The van der Waals surface area contributed by atoms with E-state index < -0.39 is 0 Å². The van der Waals surface area contributed by atoms with Crippen LogP contribution >= 0.6 is 11.6 Å². The molecule has 5 aromatic rings. The van der Waals surface area contributed by atoms with Gasteiger partial charge < -0.3 is 18.8 Å². The van der Waals surface area contributed by atoms with Crippen LogP contribution in [0.15, 0.2) is 86.5 Å². The molecule has 0 aliphatic carbocycles. The van der Waals surface area contributed by atoms with Crippen molar-refractivity contribution in [1.82, 2.24) is 10.1 Å². The van der Waals surface area contributed by atoms with E-state index in [2.05, 4.69) is 10.1 Å². The van der Waals surface area contributed by atoms with Gasteiger partial charge in [0.1, 0.15) is 22.8 Å². The van der Waals surface area contributed by atoms with Crippen molar-refractivity contribution in [1.29, 1.82) is 0 Å². The molecule has 2 heterocycles. The van der Waals surface area contributed by atoms with E-state index in [4.69, 9.17) is 25.3 Å². The Hall–Kier alpha value is -4.10. The average Bonchev–Trinajstić information content (AvgIpc) is 3.27. The summed E-state index contributed by atoms with van der Waals surface area (Å²) in [7, 11) is 0. The number of ether oxygens (including phenoxy) is 1. The molecule has 0 unspecified atom stereocenters. The highest BCUT2D eigenvalue weighted by Gasteiger charge is 2.11. The van der Waals surface area contributed by atoms with Gasteiger partial charge in [-0.1, -0.05) is 16.8 Å². The maximum absolute atomic E-state index is 12.5. The van der Waals surface area contributed by atoms with Crippen molar-refractivity contribution < 1.29 is 18.8 Å². The van der Waals surface area contributed by atoms with Crippen molar-refractivity contribution in [3.8, 4) is 34.2 Å². The van der Waals surface area contributed by atoms with Gasteiger partial charge in [-0.2, -0.15) is 4.98 Å². The predicted octanol–water partition coefficient (Wildman–Crippen LogP) is 5.45. The Morgan fingerprint density at radius 1 is 0.938 bits per heavy atom.